The van der Waals surface area contributed by atoms with Crippen LogP contribution in [0.2, 0.25) is 0 Å². The van der Waals surface area contributed by atoms with E-state index in [1.165, 1.54) is 27.8 Å². The summed E-state index contributed by atoms with van der Waals surface area (Å²) < 4.78 is 0. The Morgan fingerprint density at radius 3 is 2.56 bits per heavy atom. The maximum absolute atomic E-state index is 11.7. The van der Waals surface area contributed by atoms with Crippen molar-refractivity contribution in [3.05, 3.63) is 77.5 Å². The van der Waals surface area contributed by atoms with E-state index in [0.29, 0.717) is 12.8 Å². The van der Waals surface area contributed by atoms with Crippen LogP contribution < -0.4 is 5.32 Å². The molecule has 1 aliphatic carbocycles. The molecule has 32 heavy (non-hydrogen) atoms. The number of H-pyrrole nitrogens is 1. The molecule has 0 saturated carbocycles. The number of allylic oxidation sites excluding steroid dienone is 1. The minimum Gasteiger partial charge on any atom is -0.355 e. The SMILES string of the molecule is CN(C)C1(c2ccccc2)CC=C(c2[nH]c3ccccc3c2CCNC(=O)CC=O)CC1. The van der Waals surface area contributed by atoms with Crippen molar-refractivity contribution in [3.63, 3.8) is 0 Å². The fourth-order valence-electron chi connectivity index (χ4n) is 4.95. The van der Waals surface area contributed by atoms with Gasteiger partial charge in [0, 0.05) is 28.7 Å². The molecule has 2 aromatic carbocycles. The van der Waals surface area contributed by atoms with Crippen LogP contribution in [0.15, 0.2) is 60.7 Å². The van der Waals surface area contributed by atoms with E-state index >= 15 is 0 Å². The van der Waals surface area contributed by atoms with Crippen LogP contribution in [0.25, 0.3) is 16.5 Å². The van der Waals surface area contributed by atoms with Gasteiger partial charge in [-0.3, -0.25) is 9.69 Å². The van der Waals surface area contributed by atoms with Gasteiger partial charge in [-0.1, -0.05) is 54.6 Å². The number of amides is 1. The number of fused-ring (bicyclic) bond motifs is 1. The molecule has 0 bridgehead atoms. The number of benzene rings is 2. The lowest BCUT2D eigenvalue weighted by atomic mass is 9.75. The summed E-state index contributed by atoms with van der Waals surface area (Å²) in [4.78, 5) is 28.3. The zero-order valence-corrected chi connectivity index (χ0v) is 18.9. The Balaban J connectivity index is 1.63. The normalized spacial score (nSPS) is 18.5. The predicted molar refractivity (Wildman–Crippen MR) is 129 cm³/mol. The largest absolute Gasteiger partial charge is 0.355 e. The number of aldehydes is 1. The fraction of sp³-hybridized carbons (Fsp3) is 0.333. The van der Waals surface area contributed by atoms with E-state index in [-0.39, 0.29) is 17.9 Å². The average Bonchev–Trinajstić information content (AvgIpc) is 3.18. The summed E-state index contributed by atoms with van der Waals surface area (Å²) in [6, 6.07) is 19.1. The van der Waals surface area contributed by atoms with Crippen molar-refractivity contribution < 1.29 is 9.59 Å². The number of nitrogens with one attached hydrogen (secondary N) is 2. The molecule has 5 heteroatoms. The molecular formula is C27H31N3O2. The highest BCUT2D eigenvalue weighted by Crippen LogP contribution is 2.43. The van der Waals surface area contributed by atoms with Gasteiger partial charge in [0.2, 0.25) is 5.91 Å². The Kier molecular flexibility index (Phi) is 6.56. The summed E-state index contributed by atoms with van der Waals surface area (Å²) in [6.45, 7) is 0.514. The summed E-state index contributed by atoms with van der Waals surface area (Å²) in [5, 5.41) is 4.05. The van der Waals surface area contributed by atoms with Gasteiger partial charge in [0.25, 0.3) is 0 Å². The Hall–Kier alpha value is -3.18. The van der Waals surface area contributed by atoms with Crippen LogP contribution in [-0.2, 0) is 21.5 Å². The third kappa shape index (κ3) is 4.26. The number of nitrogens with zero attached hydrogens (tertiary/aromatic N) is 1. The minimum absolute atomic E-state index is 0.000254. The first-order valence-electron chi connectivity index (χ1n) is 11.3. The van der Waals surface area contributed by atoms with Crippen molar-refractivity contribution >= 4 is 28.7 Å². The zero-order valence-electron chi connectivity index (χ0n) is 18.9. The van der Waals surface area contributed by atoms with E-state index in [2.05, 4.69) is 83.9 Å². The van der Waals surface area contributed by atoms with Crippen LogP contribution in [-0.4, -0.2) is 42.7 Å². The summed E-state index contributed by atoms with van der Waals surface area (Å²) in [6.07, 6.45) is 6.63. The second-order valence-electron chi connectivity index (χ2n) is 8.72. The van der Waals surface area contributed by atoms with Crippen LogP contribution in [0.3, 0.4) is 0 Å². The Labute approximate surface area is 189 Å². The number of rotatable bonds is 8. The molecule has 1 unspecified atom stereocenters. The maximum Gasteiger partial charge on any atom is 0.227 e. The summed E-state index contributed by atoms with van der Waals surface area (Å²) >= 11 is 0. The van der Waals surface area contributed by atoms with Gasteiger partial charge >= 0.3 is 0 Å². The maximum atomic E-state index is 11.7. The van der Waals surface area contributed by atoms with Crippen LogP contribution in [0.4, 0.5) is 0 Å². The number of carbonyl (C=O) groups is 2. The lowest BCUT2D eigenvalue weighted by Gasteiger charge is -2.43. The first-order valence-corrected chi connectivity index (χ1v) is 11.3. The molecule has 1 amide bonds. The predicted octanol–water partition coefficient (Wildman–Crippen LogP) is 4.44. The number of carbonyl (C=O) groups excluding carboxylic acids is 2. The van der Waals surface area contributed by atoms with Gasteiger partial charge in [0.05, 0.1) is 6.42 Å². The van der Waals surface area contributed by atoms with E-state index in [0.717, 1.165) is 31.2 Å². The summed E-state index contributed by atoms with van der Waals surface area (Å²) in [5.41, 5.74) is 6.22. The quantitative estimate of drug-likeness (QED) is 0.411. The molecule has 1 aromatic heterocycles. The summed E-state index contributed by atoms with van der Waals surface area (Å²) in [7, 11) is 4.34. The van der Waals surface area contributed by atoms with Gasteiger partial charge in [-0.2, -0.15) is 0 Å². The first kappa shape index (κ1) is 22.0. The van der Waals surface area contributed by atoms with Gasteiger partial charge in [-0.25, -0.2) is 0 Å². The molecule has 166 valence electrons. The fourth-order valence-corrected chi connectivity index (χ4v) is 4.95. The first-order chi connectivity index (χ1) is 15.5. The molecule has 4 rings (SSSR count). The number of para-hydroxylation sites is 1. The molecule has 0 radical (unpaired) electrons. The standard InChI is InChI=1S/C27H31N3O2/c1-30(2)27(21-8-4-3-5-9-21)16-12-20(13-17-27)26-23(14-18-28-25(32)15-19-31)22-10-6-7-11-24(22)29-26/h3-12,19,29H,13-18H2,1-2H3,(H,28,32). The van der Waals surface area contributed by atoms with Crippen molar-refractivity contribution in [1.29, 1.82) is 0 Å². The molecule has 0 fully saturated rings. The summed E-state index contributed by atoms with van der Waals surface area (Å²) in [5.74, 6) is -0.225. The van der Waals surface area contributed by atoms with E-state index in [1.807, 2.05) is 6.07 Å². The Morgan fingerprint density at radius 2 is 1.88 bits per heavy atom. The van der Waals surface area contributed by atoms with Gasteiger partial charge in [0.15, 0.2) is 0 Å². The zero-order chi connectivity index (χ0) is 22.6. The van der Waals surface area contributed by atoms with Crippen LogP contribution in [0.1, 0.15) is 42.5 Å². The number of aromatic amines is 1. The molecule has 1 heterocycles. The third-order valence-electron chi connectivity index (χ3n) is 6.76. The Bertz CT molecular complexity index is 1130. The highest BCUT2D eigenvalue weighted by molar-refractivity contribution is 5.90. The van der Waals surface area contributed by atoms with E-state index in [4.69, 9.17) is 0 Å². The van der Waals surface area contributed by atoms with Gasteiger partial charge in [-0.15, -0.1) is 0 Å². The topological polar surface area (TPSA) is 65.2 Å². The van der Waals surface area contributed by atoms with Crippen molar-refractivity contribution in [2.24, 2.45) is 0 Å². The lowest BCUT2D eigenvalue weighted by Crippen LogP contribution is -2.42. The second-order valence-corrected chi connectivity index (χ2v) is 8.72. The highest BCUT2D eigenvalue weighted by Gasteiger charge is 2.36. The molecule has 3 aromatic rings. The van der Waals surface area contributed by atoms with Crippen LogP contribution in [0.5, 0.6) is 0 Å². The van der Waals surface area contributed by atoms with Crippen LogP contribution in [0, 0.1) is 0 Å². The Morgan fingerprint density at radius 1 is 1.12 bits per heavy atom. The molecule has 1 aliphatic rings. The molecule has 2 N–H and O–H groups in total. The van der Waals surface area contributed by atoms with Crippen molar-refractivity contribution in [1.82, 2.24) is 15.2 Å². The molecule has 0 aliphatic heterocycles. The van der Waals surface area contributed by atoms with Crippen LogP contribution >= 0.6 is 0 Å². The molecule has 0 spiro atoms. The third-order valence-corrected chi connectivity index (χ3v) is 6.76. The van der Waals surface area contributed by atoms with Gasteiger partial charge < -0.3 is 15.1 Å². The van der Waals surface area contributed by atoms with E-state index < -0.39 is 0 Å². The molecule has 0 saturated heterocycles. The van der Waals surface area contributed by atoms with Gasteiger partial charge in [-0.05, 0) is 62.5 Å². The smallest absolute Gasteiger partial charge is 0.227 e. The number of aromatic nitrogens is 1. The number of hydrogen-bond acceptors (Lipinski definition) is 3. The average molecular weight is 430 g/mol. The highest BCUT2D eigenvalue weighted by atomic mass is 16.2. The minimum atomic E-state index is -0.225. The molecule has 5 nitrogen and oxygen atoms in total. The molecule has 1 atom stereocenters. The lowest BCUT2D eigenvalue weighted by molar-refractivity contribution is -0.123. The van der Waals surface area contributed by atoms with Crippen molar-refractivity contribution in [3.8, 4) is 0 Å². The van der Waals surface area contributed by atoms with E-state index in [9.17, 15) is 9.59 Å². The van der Waals surface area contributed by atoms with Gasteiger partial charge in [0.1, 0.15) is 6.29 Å². The second kappa shape index (κ2) is 9.53. The monoisotopic (exact) mass is 429 g/mol. The van der Waals surface area contributed by atoms with E-state index in [1.54, 1.807) is 0 Å². The molecular weight excluding hydrogens is 398 g/mol. The van der Waals surface area contributed by atoms with Crippen molar-refractivity contribution in [2.75, 3.05) is 20.6 Å². The van der Waals surface area contributed by atoms with Crippen molar-refractivity contribution in [2.45, 2.75) is 37.6 Å². The number of hydrogen-bond donors (Lipinski definition) is 2.